The SMILES string of the molecule is [C-]#[N+]c1c2ccccc2cc2ccccc12. The summed E-state index contributed by atoms with van der Waals surface area (Å²) in [6.45, 7) is 7.33. The zero-order chi connectivity index (χ0) is 11.0. The summed E-state index contributed by atoms with van der Waals surface area (Å²) in [5.41, 5.74) is 0.758. The van der Waals surface area contributed by atoms with E-state index in [1.165, 1.54) is 0 Å². The van der Waals surface area contributed by atoms with Gasteiger partial charge >= 0.3 is 0 Å². The van der Waals surface area contributed by atoms with E-state index in [1.54, 1.807) is 0 Å². The van der Waals surface area contributed by atoms with Gasteiger partial charge in [-0.1, -0.05) is 48.5 Å². The van der Waals surface area contributed by atoms with E-state index in [9.17, 15) is 0 Å². The number of nitrogens with zero attached hydrogens (tertiary/aromatic N) is 1. The minimum Gasteiger partial charge on any atom is -0.237 e. The van der Waals surface area contributed by atoms with Crippen molar-refractivity contribution in [1.29, 1.82) is 0 Å². The highest BCUT2D eigenvalue weighted by atomic mass is 14.6. The first kappa shape index (κ1) is 8.94. The summed E-state index contributed by atoms with van der Waals surface area (Å²) in [6, 6.07) is 18.2. The van der Waals surface area contributed by atoms with E-state index < -0.39 is 0 Å². The molecular weight excluding hydrogens is 194 g/mol. The third-order valence-electron chi connectivity index (χ3n) is 2.85. The summed E-state index contributed by atoms with van der Waals surface area (Å²) >= 11 is 0. The van der Waals surface area contributed by atoms with Gasteiger partial charge in [0, 0.05) is 0 Å². The molecule has 3 aromatic carbocycles. The van der Waals surface area contributed by atoms with E-state index in [4.69, 9.17) is 6.57 Å². The van der Waals surface area contributed by atoms with Crippen LogP contribution in [0.5, 0.6) is 0 Å². The van der Waals surface area contributed by atoms with Crippen LogP contribution in [0.15, 0.2) is 54.6 Å². The zero-order valence-electron chi connectivity index (χ0n) is 8.64. The molecule has 0 unspecified atom stereocenters. The Balaban J connectivity index is 2.63. The maximum Gasteiger partial charge on any atom is 0.202 e. The first-order valence-corrected chi connectivity index (χ1v) is 5.18. The van der Waals surface area contributed by atoms with Crippen molar-refractivity contribution in [3.63, 3.8) is 0 Å². The molecule has 0 saturated carbocycles. The summed E-state index contributed by atoms with van der Waals surface area (Å²) in [4.78, 5) is 3.68. The van der Waals surface area contributed by atoms with Gasteiger partial charge in [0.05, 0.1) is 6.57 Å². The molecular formula is C15H9N. The predicted molar refractivity (Wildman–Crippen MR) is 67.7 cm³/mol. The van der Waals surface area contributed by atoms with Crippen LogP contribution >= 0.6 is 0 Å². The van der Waals surface area contributed by atoms with Gasteiger partial charge in [-0.2, -0.15) is 0 Å². The Kier molecular flexibility index (Phi) is 1.88. The Hall–Kier alpha value is -2.33. The first-order chi connectivity index (χ1) is 7.90. The van der Waals surface area contributed by atoms with Gasteiger partial charge in [-0.05, 0) is 27.6 Å². The molecule has 0 spiro atoms. The highest BCUT2D eigenvalue weighted by Gasteiger charge is 2.05. The molecule has 0 amide bonds. The van der Waals surface area contributed by atoms with Crippen molar-refractivity contribution in [3.05, 3.63) is 66.0 Å². The smallest absolute Gasteiger partial charge is 0.202 e. The average molecular weight is 203 g/mol. The average Bonchev–Trinajstić information content (AvgIpc) is 2.36. The fourth-order valence-electron chi connectivity index (χ4n) is 2.11. The Morgan fingerprint density at radius 1 is 0.750 bits per heavy atom. The van der Waals surface area contributed by atoms with Gasteiger partial charge in [-0.15, -0.1) is 0 Å². The third kappa shape index (κ3) is 1.17. The van der Waals surface area contributed by atoms with Crippen molar-refractivity contribution in [2.75, 3.05) is 0 Å². The van der Waals surface area contributed by atoms with E-state index in [0.717, 1.165) is 27.2 Å². The van der Waals surface area contributed by atoms with Crippen molar-refractivity contribution >= 4 is 27.2 Å². The van der Waals surface area contributed by atoms with Gasteiger partial charge in [0.25, 0.3) is 0 Å². The Labute approximate surface area is 93.8 Å². The molecule has 16 heavy (non-hydrogen) atoms. The maximum atomic E-state index is 7.33. The molecule has 0 aliphatic heterocycles. The Morgan fingerprint density at radius 2 is 1.25 bits per heavy atom. The lowest BCUT2D eigenvalue weighted by Crippen LogP contribution is -1.76. The second-order valence-corrected chi connectivity index (χ2v) is 3.78. The first-order valence-electron chi connectivity index (χ1n) is 5.18. The standard InChI is InChI=1S/C15H9N/c1-16-15-13-8-4-2-6-11(13)10-12-7-3-5-9-14(12)15/h2-10H. The molecule has 0 heterocycles. The van der Waals surface area contributed by atoms with Gasteiger partial charge in [-0.3, -0.25) is 0 Å². The zero-order valence-corrected chi connectivity index (χ0v) is 8.64. The molecule has 0 saturated heterocycles. The summed E-state index contributed by atoms with van der Waals surface area (Å²) in [7, 11) is 0. The predicted octanol–water partition coefficient (Wildman–Crippen LogP) is 4.54. The van der Waals surface area contributed by atoms with Gasteiger partial charge in [0.1, 0.15) is 0 Å². The second kappa shape index (κ2) is 3.36. The van der Waals surface area contributed by atoms with Gasteiger partial charge in [0.15, 0.2) is 0 Å². The molecule has 0 atom stereocenters. The van der Waals surface area contributed by atoms with Crippen molar-refractivity contribution in [2.24, 2.45) is 0 Å². The van der Waals surface area contributed by atoms with E-state index >= 15 is 0 Å². The molecule has 0 bridgehead atoms. The summed E-state index contributed by atoms with van der Waals surface area (Å²) in [5, 5.41) is 4.34. The lowest BCUT2D eigenvalue weighted by molar-refractivity contribution is 1.76. The fraction of sp³-hybridized carbons (Fsp3) is 0. The highest BCUT2D eigenvalue weighted by molar-refractivity contribution is 6.11. The summed E-state index contributed by atoms with van der Waals surface area (Å²) in [5.74, 6) is 0. The van der Waals surface area contributed by atoms with Crippen LogP contribution < -0.4 is 0 Å². The Bertz CT molecular complexity index is 666. The summed E-state index contributed by atoms with van der Waals surface area (Å²) in [6.07, 6.45) is 0. The molecule has 0 aliphatic carbocycles. The van der Waals surface area contributed by atoms with Crippen LogP contribution in [0.2, 0.25) is 0 Å². The monoisotopic (exact) mass is 203 g/mol. The van der Waals surface area contributed by atoms with Crippen LogP contribution in [0.4, 0.5) is 5.69 Å². The van der Waals surface area contributed by atoms with Crippen molar-refractivity contribution in [3.8, 4) is 0 Å². The quantitative estimate of drug-likeness (QED) is 0.373. The molecule has 1 nitrogen and oxygen atoms in total. The third-order valence-corrected chi connectivity index (χ3v) is 2.85. The molecule has 3 aromatic rings. The maximum absolute atomic E-state index is 7.33. The van der Waals surface area contributed by atoms with Crippen LogP contribution in [0.25, 0.3) is 26.4 Å². The molecule has 3 rings (SSSR count). The van der Waals surface area contributed by atoms with Crippen molar-refractivity contribution in [1.82, 2.24) is 0 Å². The highest BCUT2D eigenvalue weighted by Crippen LogP contribution is 2.34. The van der Waals surface area contributed by atoms with E-state index in [0.29, 0.717) is 0 Å². The van der Waals surface area contributed by atoms with Crippen LogP contribution in [-0.4, -0.2) is 0 Å². The number of hydrogen-bond acceptors (Lipinski definition) is 0. The number of benzene rings is 3. The normalized spacial score (nSPS) is 10.4. The number of rotatable bonds is 0. The van der Waals surface area contributed by atoms with Crippen molar-refractivity contribution in [2.45, 2.75) is 0 Å². The van der Waals surface area contributed by atoms with Crippen LogP contribution in [0.1, 0.15) is 0 Å². The molecule has 0 fully saturated rings. The molecule has 1 heteroatoms. The molecule has 0 aliphatic rings. The minimum absolute atomic E-state index is 0.758. The Morgan fingerprint density at radius 3 is 1.75 bits per heavy atom. The molecule has 74 valence electrons. The van der Waals surface area contributed by atoms with Crippen LogP contribution in [-0.2, 0) is 0 Å². The van der Waals surface area contributed by atoms with Crippen LogP contribution in [0.3, 0.4) is 0 Å². The molecule has 0 aromatic heterocycles. The lowest BCUT2D eigenvalue weighted by atomic mass is 10.0. The van der Waals surface area contributed by atoms with Gasteiger partial charge < -0.3 is 0 Å². The van der Waals surface area contributed by atoms with E-state index in [2.05, 4.69) is 23.0 Å². The lowest BCUT2D eigenvalue weighted by Gasteiger charge is -2.05. The molecule has 0 N–H and O–H groups in total. The van der Waals surface area contributed by atoms with E-state index in [1.807, 2.05) is 36.4 Å². The van der Waals surface area contributed by atoms with Gasteiger partial charge in [-0.25, -0.2) is 4.85 Å². The van der Waals surface area contributed by atoms with Crippen LogP contribution in [0, 0.1) is 6.57 Å². The fourth-order valence-corrected chi connectivity index (χ4v) is 2.11. The van der Waals surface area contributed by atoms with Crippen molar-refractivity contribution < 1.29 is 0 Å². The van der Waals surface area contributed by atoms with E-state index in [-0.39, 0.29) is 0 Å². The number of hydrogen-bond donors (Lipinski definition) is 0. The summed E-state index contributed by atoms with van der Waals surface area (Å²) < 4.78 is 0. The molecule has 0 radical (unpaired) electrons. The number of fused-ring (bicyclic) bond motifs is 2. The second-order valence-electron chi connectivity index (χ2n) is 3.78. The minimum atomic E-state index is 0.758. The topological polar surface area (TPSA) is 4.36 Å². The largest absolute Gasteiger partial charge is 0.237 e. The van der Waals surface area contributed by atoms with Gasteiger partial charge in [0.2, 0.25) is 5.69 Å².